The molecule has 0 N–H and O–H groups in total. The molecule has 0 spiro atoms. The van der Waals surface area contributed by atoms with E-state index < -0.39 is 5.82 Å². The third-order valence-electron chi connectivity index (χ3n) is 2.88. The molecule has 1 heterocycles. The van der Waals surface area contributed by atoms with Gasteiger partial charge in [-0.3, -0.25) is 4.79 Å². The molecule has 0 radical (unpaired) electrons. The summed E-state index contributed by atoms with van der Waals surface area (Å²) >= 11 is 4.76. The second-order valence-electron chi connectivity index (χ2n) is 4.30. The van der Waals surface area contributed by atoms with E-state index in [4.69, 9.17) is 0 Å². The molecule has 3 rings (SSSR count). The molecule has 0 bridgehead atoms. The van der Waals surface area contributed by atoms with Gasteiger partial charge in [-0.2, -0.15) is 0 Å². The monoisotopic (exact) mass is 349 g/mol. The van der Waals surface area contributed by atoms with Gasteiger partial charge in [-0.15, -0.1) is 11.3 Å². The van der Waals surface area contributed by atoms with E-state index in [2.05, 4.69) is 20.9 Å². The van der Waals surface area contributed by atoms with Gasteiger partial charge in [0.2, 0.25) is 0 Å². The van der Waals surface area contributed by atoms with Gasteiger partial charge in [0.05, 0.1) is 16.6 Å². The minimum absolute atomic E-state index is 0.143. The number of benzene rings is 2. The Kier molecular flexibility index (Phi) is 3.63. The first-order valence-corrected chi connectivity index (χ1v) is 7.57. The molecule has 0 aliphatic rings. The van der Waals surface area contributed by atoms with E-state index in [1.807, 2.05) is 24.3 Å². The number of Topliss-reactive ketones (excluding diaryl/α,β-unsaturated/α-hetero) is 1. The number of carbonyl (C=O) groups excluding carboxylic acids is 1. The Bertz CT molecular complexity index is 766. The smallest absolute Gasteiger partial charge is 0.170 e. The van der Waals surface area contributed by atoms with E-state index >= 15 is 0 Å². The molecule has 5 heteroatoms. The Labute approximate surface area is 127 Å². The van der Waals surface area contributed by atoms with Gasteiger partial charge in [0.1, 0.15) is 10.8 Å². The highest BCUT2D eigenvalue weighted by Gasteiger charge is 2.14. The third kappa shape index (κ3) is 2.64. The zero-order valence-corrected chi connectivity index (χ0v) is 12.7. The normalized spacial score (nSPS) is 10.9. The molecular formula is C15H9BrFNOS. The Morgan fingerprint density at radius 2 is 2.05 bits per heavy atom. The second kappa shape index (κ2) is 5.42. The van der Waals surface area contributed by atoms with Crippen molar-refractivity contribution in [2.45, 2.75) is 6.42 Å². The number of aromatic nitrogens is 1. The standard InChI is InChI=1S/C15H9BrFNOS/c16-11-6-5-9(17)7-10(11)13(19)8-15-18-12-3-1-2-4-14(12)20-15/h1-7H,8H2. The molecule has 0 unspecified atom stereocenters. The number of thiazole rings is 1. The molecule has 2 aromatic carbocycles. The van der Waals surface area contributed by atoms with E-state index in [9.17, 15) is 9.18 Å². The number of nitrogens with zero attached hydrogens (tertiary/aromatic N) is 1. The van der Waals surface area contributed by atoms with Gasteiger partial charge in [-0.25, -0.2) is 9.37 Å². The van der Waals surface area contributed by atoms with Crippen molar-refractivity contribution in [3.05, 3.63) is 63.3 Å². The van der Waals surface area contributed by atoms with Crippen molar-refractivity contribution in [1.29, 1.82) is 0 Å². The molecule has 0 saturated carbocycles. The lowest BCUT2D eigenvalue weighted by Crippen LogP contribution is -2.04. The lowest BCUT2D eigenvalue weighted by molar-refractivity contribution is 0.0992. The van der Waals surface area contributed by atoms with Gasteiger partial charge >= 0.3 is 0 Å². The van der Waals surface area contributed by atoms with Gasteiger partial charge in [0.25, 0.3) is 0 Å². The maximum absolute atomic E-state index is 13.2. The lowest BCUT2D eigenvalue weighted by Gasteiger charge is -2.02. The van der Waals surface area contributed by atoms with Crippen LogP contribution in [0.1, 0.15) is 15.4 Å². The maximum Gasteiger partial charge on any atom is 0.170 e. The van der Waals surface area contributed by atoms with E-state index in [1.165, 1.54) is 23.5 Å². The minimum atomic E-state index is -0.416. The summed E-state index contributed by atoms with van der Waals surface area (Å²) in [4.78, 5) is 16.7. The van der Waals surface area contributed by atoms with Gasteiger partial charge in [0.15, 0.2) is 5.78 Å². The highest BCUT2D eigenvalue weighted by molar-refractivity contribution is 9.10. The number of para-hydroxylation sites is 1. The van der Waals surface area contributed by atoms with Crippen molar-refractivity contribution in [2.75, 3.05) is 0 Å². The Balaban J connectivity index is 1.90. The summed E-state index contributed by atoms with van der Waals surface area (Å²) in [5.41, 5.74) is 1.24. The van der Waals surface area contributed by atoms with Crippen LogP contribution in [0.25, 0.3) is 10.2 Å². The SMILES string of the molecule is O=C(Cc1nc2ccccc2s1)c1cc(F)ccc1Br. The fourth-order valence-electron chi connectivity index (χ4n) is 1.94. The first-order chi connectivity index (χ1) is 9.63. The van der Waals surface area contributed by atoms with Crippen LogP contribution in [0.15, 0.2) is 46.9 Å². The van der Waals surface area contributed by atoms with Crippen molar-refractivity contribution < 1.29 is 9.18 Å². The lowest BCUT2D eigenvalue weighted by atomic mass is 10.1. The Morgan fingerprint density at radius 3 is 2.85 bits per heavy atom. The van der Waals surface area contributed by atoms with Gasteiger partial charge in [-0.05, 0) is 30.3 Å². The van der Waals surface area contributed by atoms with E-state index in [1.54, 1.807) is 6.07 Å². The molecule has 0 amide bonds. The van der Waals surface area contributed by atoms with Gasteiger partial charge < -0.3 is 0 Å². The predicted octanol–water partition coefficient (Wildman–Crippen LogP) is 4.62. The highest BCUT2D eigenvalue weighted by atomic mass is 79.9. The molecular weight excluding hydrogens is 341 g/mol. The number of ketones is 1. The summed E-state index contributed by atoms with van der Waals surface area (Å²) < 4.78 is 14.9. The van der Waals surface area contributed by atoms with E-state index in [0.29, 0.717) is 10.0 Å². The fraction of sp³-hybridized carbons (Fsp3) is 0.0667. The summed E-state index contributed by atoms with van der Waals surface area (Å²) in [5.74, 6) is -0.559. The number of halogens is 2. The van der Waals surface area contributed by atoms with Crippen LogP contribution in [-0.2, 0) is 6.42 Å². The van der Waals surface area contributed by atoms with Crippen LogP contribution in [0.2, 0.25) is 0 Å². The van der Waals surface area contributed by atoms with Crippen LogP contribution >= 0.6 is 27.3 Å². The zero-order valence-electron chi connectivity index (χ0n) is 10.3. The molecule has 3 aromatic rings. The van der Waals surface area contributed by atoms with Crippen molar-refractivity contribution in [2.24, 2.45) is 0 Å². The average molecular weight is 350 g/mol. The molecule has 0 aliphatic carbocycles. The largest absolute Gasteiger partial charge is 0.294 e. The molecule has 0 aliphatic heterocycles. The molecule has 2 nitrogen and oxygen atoms in total. The number of carbonyl (C=O) groups is 1. The summed E-state index contributed by atoms with van der Waals surface area (Å²) in [6.07, 6.45) is 0.182. The van der Waals surface area contributed by atoms with Gasteiger partial charge in [0, 0.05) is 10.0 Å². The fourth-order valence-corrected chi connectivity index (χ4v) is 3.37. The van der Waals surface area contributed by atoms with Crippen LogP contribution < -0.4 is 0 Å². The second-order valence-corrected chi connectivity index (χ2v) is 6.27. The topological polar surface area (TPSA) is 30.0 Å². The van der Waals surface area contributed by atoms with Gasteiger partial charge in [-0.1, -0.05) is 28.1 Å². The van der Waals surface area contributed by atoms with Crippen molar-refractivity contribution in [3.63, 3.8) is 0 Å². The first kappa shape index (κ1) is 13.4. The molecule has 1 aromatic heterocycles. The van der Waals surface area contributed by atoms with Crippen molar-refractivity contribution in [1.82, 2.24) is 4.98 Å². The number of rotatable bonds is 3. The molecule has 0 fully saturated rings. The maximum atomic E-state index is 13.2. The molecule has 0 saturated heterocycles. The van der Waals surface area contributed by atoms with E-state index in [0.717, 1.165) is 15.2 Å². The predicted molar refractivity (Wildman–Crippen MR) is 81.8 cm³/mol. The van der Waals surface area contributed by atoms with Crippen LogP contribution in [0.4, 0.5) is 4.39 Å². The molecule has 20 heavy (non-hydrogen) atoms. The quantitative estimate of drug-likeness (QED) is 0.645. The van der Waals surface area contributed by atoms with Crippen LogP contribution in [-0.4, -0.2) is 10.8 Å². The summed E-state index contributed by atoms with van der Waals surface area (Å²) in [7, 11) is 0. The summed E-state index contributed by atoms with van der Waals surface area (Å²) in [5, 5.41) is 0.743. The summed E-state index contributed by atoms with van der Waals surface area (Å²) in [6.45, 7) is 0. The van der Waals surface area contributed by atoms with Crippen LogP contribution in [0, 0.1) is 5.82 Å². The molecule has 100 valence electrons. The van der Waals surface area contributed by atoms with Crippen molar-refractivity contribution >= 4 is 43.3 Å². The highest BCUT2D eigenvalue weighted by Crippen LogP contribution is 2.24. The van der Waals surface area contributed by atoms with Crippen LogP contribution in [0.3, 0.4) is 0 Å². The third-order valence-corrected chi connectivity index (χ3v) is 4.61. The summed E-state index contributed by atoms with van der Waals surface area (Å²) in [6, 6.07) is 11.8. The van der Waals surface area contributed by atoms with E-state index in [-0.39, 0.29) is 12.2 Å². The Morgan fingerprint density at radius 1 is 1.25 bits per heavy atom. The minimum Gasteiger partial charge on any atom is -0.294 e. The zero-order chi connectivity index (χ0) is 14.1. The number of hydrogen-bond donors (Lipinski definition) is 0. The average Bonchev–Trinajstić information content (AvgIpc) is 2.83. The van der Waals surface area contributed by atoms with Crippen molar-refractivity contribution in [3.8, 4) is 0 Å². The Hall–Kier alpha value is -1.59. The number of fused-ring (bicyclic) bond motifs is 1. The number of hydrogen-bond acceptors (Lipinski definition) is 3. The first-order valence-electron chi connectivity index (χ1n) is 5.96. The van der Waals surface area contributed by atoms with Crippen LogP contribution in [0.5, 0.6) is 0 Å². The molecule has 0 atom stereocenters.